The maximum atomic E-state index is 12.5. The van der Waals surface area contributed by atoms with E-state index in [2.05, 4.69) is 79.1 Å². The molecule has 0 aromatic carbocycles. The molecule has 3 unspecified atom stereocenters. The maximum absolute atomic E-state index is 12.5. The van der Waals surface area contributed by atoms with Crippen LogP contribution in [-0.2, 0) is 32.7 Å². The number of carbonyl (C=O) groups excluding carboxylic acids is 2. The minimum Gasteiger partial charge on any atom is -0.462 e. The highest BCUT2D eigenvalue weighted by molar-refractivity contribution is 7.47. The average Bonchev–Trinajstić information content (AvgIpc) is 3.13. The molecular formula is C41H71O10P. The zero-order valence-corrected chi connectivity index (χ0v) is 33.1. The number of hydrogen-bond donors (Lipinski definition) is 3. The van der Waals surface area contributed by atoms with Gasteiger partial charge in [0.15, 0.2) is 6.10 Å². The average molecular weight is 755 g/mol. The molecule has 0 aromatic heterocycles. The molecule has 0 saturated heterocycles. The molecule has 0 amide bonds. The third kappa shape index (κ3) is 36.0. The molecule has 0 heterocycles. The van der Waals surface area contributed by atoms with Crippen molar-refractivity contribution in [1.82, 2.24) is 0 Å². The lowest BCUT2D eigenvalue weighted by atomic mass is 10.1. The largest absolute Gasteiger partial charge is 0.472 e. The lowest BCUT2D eigenvalue weighted by Crippen LogP contribution is -2.29. The van der Waals surface area contributed by atoms with Gasteiger partial charge in [-0.3, -0.25) is 18.6 Å². The summed E-state index contributed by atoms with van der Waals surface area (Å²) in [5.41, 5.74) is 0. The highest BCUT2D eigenvalue weighted by atomic mass is 31.2. The molecular weight excluding hydrogens is 683 g/mol. The second kappa shape index (κ2) is 37.0. The van der Waals surface area contributed by atoms with Gasteiger partial charge in [0.05, 0.1) is 19.8 Å². The molecule has 0 aliphatic rings. The van der Waals surface area contributed by atoms with Crippen LogP contribution >= 0.6 is 7.82 Å². The molecule has 0 aliphatic carbocycles. The maximum Gasteiger partial charge on any atom is 0.472 e. The van der Waals surface area contributed by atoms with Crippen LogP contribution < -0.4 is 0 Å². The Bertz CT molecular complexity index is 1050. The smallest absolute Gasteiger partial charge is 0.462 e. The Balaban J connectivity index is 4.45. The normalized spacial score (nSPS) is 14.6. The van der Waals surface area contributed by atoms with E-state index in [0.29, 0.717) is 12.8 Å². The molecule has 0 rings (SSSR count). The predicted molar refractivity (Wildman–Crippen MR) is 210 cm³/mol. The number of unbranched alkanes of at least 4 members (excludes halogenated alkanes) is 12. The van der Waals surface area contributed by atoms with Crippen molar-refractivity contribution in [3.8, 4) is 0 Å². The van der Waals surface area contributed by atoms with Crippen molar-refractivity contribution in [1.29, 1.82) is 0 Å². The first-order valence-electron chi connectivity index (χ1n) is 19.7. The number of rotatable bonds is 36. The molecule has 0 fully saturated rings. The van der Waals surface area contributed by atoms with Crippen LogP contribution in [0.25, 0.3) is 0 Å². The molecule has 0 spiro atoms. The van der Waals surface area contributed by atoms with Gasteiger partial charge < -0.3 is 24.6 Å². The van der Waals surface area contributed by atoms with E-state index in [1.54, 1.807) is 0 Å². The Labute approximate surface area is 315 Å². The first-order chi connectivity index (χ1) is 25.2. The van der Waals surface area contributed by atoms with E-state index in [9.17, 15) is 24.2 Å². The number of esters is 2. The SMILES string of the molecule is CC/C=C\C/C=C\C/C=C\C/C=C\CCCCC(=O)OC(COC(=O)CCCCCCC/C=C\CCCCCCC)COP(=O)(O)OCC(O)CO. The summed E-state index contributed by atoms with van der Waals surface area (Å²) >= 11 is 0. The summed E-state index contributed by atoms with van der Waals surface area (Å²) in [6, 6.07) is 0. The fraction of sp³-hybridized carbons (Fsp3) is 0.707. The van der Waals surface area contributed by atoms with E-state index < -0.39 is 51.8 Å². The minimum absolute atomic E-state index is 0.128. The van der Waals surface area contributed by atoms with Crippen molar-refractivity contribution in [3.05, 3.63) is 60.8 Å². The van der Waals surface area contributed by atoms with Crippen molar-refractivity contribution in [2.45, 2.75) is 161 Å². The van der Waals surface area contributed by atoms with Gasteiger partial charge in [-0.1, -0.05) is 120 Å². The zero-order chi connectivity index (χ0) is 38.4. The summed E-state index contributed by atoms with van der Waals surface area (Å²) in [5, 5.41) is 18.3. The van der Waals surface area contributed by atoms with E-state index >= 15 is 0 Å². The topological polar surface area (TPSA) is 149 Å². The van der Waals surface area contributed by atoms with Gasteiger partial charge >= 0.3 is 19.8 Å². The molecule has 11 heteroatoms. The monoisotopic (exact) mass is 754 g/mol. The molecule has 0 bridgehead atoms. The van der Waals surface area contributed by atoms with Crippen molar-refractivity contribution < 1.29 is 47.8 Å². The lowest BCUT2D eigenvalue weighted by molar-refractivity contribution is -0.161. The van der Waals surface area contributed by atoms with Crippen molar-refractivity contribution in [3.63, 3.8) is 0 Å². The Morgan fingerprint density at radius 2 is 1.06 bits per heavy atom. The first kappa shape index (κ1) is 49.7. The van der Waals surface area contributed by atoms with Crippen LogP contribution in [0.5, 0.6) is 0 Å². The fourth-order valence-electron chi connectivity index (χ4n) is 4.86. The van der Waals surface area contributed by atoms with Gasteiger partial charge in [-0.2, -0.15) is 0 Å². The number of phosphoric ester groups is 1. The number of aliphatic hydroxyl groups is 2. The van der Waals surface area contributed by atoms with Gasteiger partial charge in [0.2, 0.25) is 0 Å². The van der Waals surface area contributed by atoms with Crippen LogP contribution in [0.2, 0.25) is 0 Å². The minimum atomic E-state index is -4.63. The first-order valence-corrected chi connectivity index (χ1v) is 21.2. The summed E-state index contributed by atoms with van der Waals surface area (Å²) in [7, 11) is -4.63. The van der Waals surface area contributed by atoms with Crippen LogP contribution in [0.1, 0.15) is 149 Å². The molecule has 3 atom stereocenters. The van der Waals surface area contributed by atoms with Crippen molar-refractivity contribution in [2.24, 2.45) is 0 Å². The van der Waals surface area contributed by atoms with Crippen LogP contribution in [0.15, 0.2) is 60.8 Å². The van der Waals surface area contributed by atoms with Crippen LogP contribution in [0.4, 0.5) is 0 Å². The Morgan fingerprint density at radius 3 is 1.65 bits per heavy atom. The van der Waals surface area contributed by atoms with E-state index in [-0.39, 0.29) is 19.4 Å². The number of allylic oxidation sites excluding steroid dienone is 10. The predicted octanol–water partition coefficient (Wildman–Crippen LogP) is 9.94. The van der Waals surface area contributed by atoms with Gasteiger partial charge in [0.1, 0.15) is 12.7 Å². The molecule has 52 heavy (non-hydrogen) atoms. The second-order valence-electron chi connectivity index (χ2n) is 12.9. The molecule has 10 nitrogen and oxygen atoms in total. The number of aliphatic hydroxyl groups excluding tert-OH is 2. The summed E-state index contributed by atoms with van der Waals surface area (Å²) < 4.78 is 32.6. The second-order valence-corrected chi connectivity index (χ2v) is 14.4. The van der Waals surface area contributed by atoms with Gasteiger partial charge in [0.25, 0.3) is 0 Å². The van der Waals surface area contributed by atoms with Gasteiger partial charge in [-0.15, -0.1) is 0 Å². The van der Waals surface area contributed by atoms with Crippen LogP contribution in [-0.4, -0.2) is 65.7 Å². The number of hydrogen-bond acceptors (Lipinski definition) is 9. The summed E-state index contributed by atoms with van der Waals surface area (Å²) in [6.45, 7) is 2.17. The zero-order valence-electron chi connectivity index (χ0n) is 32.3. The molecule has 0 aliphatic heterocycles. The summed E-state index contributed by atoms with van der Waals surface area (Å²) in [6.07, 6.45) is 39.1. The standard InChI is InChI=1S/C41H71O10P/c1-3-5-7-9-11-13-15-17-19-21-23-25-27-29-31-33-41(45)51-39(37-50-52(46,47)49-35-38(43)34-42)36-48-40(44)32-30-28-26-24-22-20-18-16-14-12-10-8-6-4-2/h5,7,11,13,16-19,23,25,38-39,42-43H,3-4,6,8-10,12,14-15,20-22,24,26-37H2,1-2H3,(H,46,47)/b7-5-,13-11-,18-16-,19-17-,25-23-. The summed E-state index contributed by atoms with van der Waals surface area (Å²) in [4.78, 5) is 34.8. The van der Waals surface area contributed by atoms with Crippen LogP contribution in [0.3, 0.4) is 0 Å². The molecule has 3 N–H and O–H groups in total. The lowest BCUT2D eigenvalue weighted by Gasteiger charge is -2.20. The highest BCUT2D eigenvalue weighted by Gasteiger charge is 2.27. The van der Waals surface area contributed by atoms with Crippen molar-refractivity contribution in [2.75, 3.05) is 26.4 Å². The molecule has 0 aromatic rings. The molecule has 0 radical (unpaired) electrons. The van der Waals surface area contributed by atoms with Crippen LogP contribution in [0, 0.1) is 0 Å². The number of ether oxygens (including phenoxy) is 2. The van der Waals surface area contributed by atoms with Gasteiger partial charge in [0, 0.05) is 12.8 Å². The van der Waals surface area contributed by atoms with E-state index in [1.165, 1.54) is 32.1 Å². The Morgan fingerprint density at radius 1 is 0.596 bits per heavy atom. The number of phosphoric acid groups is 1. The molecule has 0 saturated carbocycles. The molecule has 300 valence electrons. The van der Waals surface area contributed by atoms with Gasteiger partial charge in [-0.05, 0) is 77.0 Å². The number of carbonyl (C=O) groups is 2. The quantitative estimate of drug-likeness (QED) is 0.0244. The van der Waals surface area contributed by atoms with Crippen molar-refractivity contribution >= 4 is 19.8 Å². The highest BCUT2D eigenvalue weighted by Crippen LogP contribution is 2.43. The third-order valence-electron chi connectivity index (χ3n) is 7.91. The van der Waals surface area contributed by atoms with Gasteiger partial charge in [-0.25, -0.2) is 4.57 Å². The Kier molecular flexibility index (Phi) is 35.3. The van der Waals surface area contributed by atoms with E-state index in [0.717, 1.165) is 77.0 Å². The summed E-state index contributed by atoms with van der Waals surface area (Å²) in [5.74, 6) is -0.989. The van der Waals surface area contributed by atoms with E-state index in [1.807, 2.05) is 0 Å². The third-order valence-corrected chi connectivity index (χ3v) is 8.86. The van der Waals surface area contributed by atoms with E-state index in [4.69, 9.17) is 19.1 Å². The Hall–Kier alpha value is -2.33. The fourth-order valence-corrected chi connectivity index (χ4v) is 5.65.